The molecule has 0 atom stereocenters. The summed E-state index contributed by atoms with van der Waals surface area (Å²) >= 11 is 3.54. The third-order valence-electron chi connectivity index (χ3n) is 4.93. The van der Waals surface area contributed by atoms with Gasteiger partial charge in [-0.3, -0.25) is 4.79 Å². The van der Waals surface area contributed by atoms with Crippen molar-refractivity contribution in [3.05, 3.63) is 100 Å². The fourth-order valence-electron chi connectivity index (χ4n) is 3.46. The molecular formula is C24H21BrFN3O. The first-order chi connectivity index (χ1) is 14.6. The van der Waals surface area contributed by atoms with Gasteiger partial charge in [-0.05, 0) is 60.5 Å². The highest BCUT2D eigenvalue weighted by Gasteiger charge is 2.11. The van der Waals surface area contributed by atoms with E-state index in [0.717, 1.165) is 40.7 Å². The summed E-state index contributed by atoms with van der Waals surface area (Å²) in [5, 5.41) is 2.89. The molecule has 0 saturated carbocycles. The lowest BCUT2D eigenvalue weighted by molar-refractivity contribution is 0.0953. The molecule has 1 aromatic heterocycles. The molecule has 0 radical (unpaired) electrons. The molecule has 0 aliphatic heterocycles. The van der Waals surface area contributed by atoms with Crippen LogP contribution in [0.4, 0.5) is 4.39 Å². The van der Waals surface area contributed by atoms with Gasteiger partial charge in [-0.15, -0.1) is 0 Å². The molecular weight excluding hydrogens is 445 g/mol. The zero-order valence-corrected chi connectivity index (χ0v) is 17.9. The van der Waals surface area contributed by atoms with Crippen molar-refractivity contribution in [2.24, 2.45) is 0 Å². The normalized spacial score (nSPS) is 11.0. The molecule has 1 amide bonds. The molecule has 152 valence electrons. The van der Waals surface area contributed by atoms with Crippen LogP contribution in [0.3, 0.4) is 0 Å². The van der Waals surface area contributed by atoms with Crippen LogP contribution in [-0.4, -0.2) is 22.0 Å². The topological polar surface area (TPSA) is 46.9 Å². The third kappa shape index (κ3) is 4.76. The number of hydrogen-bond donors (Lipinski definition) is 1. The number of nitrogens with one attached hydrogen (secondary N) is 1. The number of benzene rings is 3. The highest BCUT2D eigenvalue weighted by atomic mass is 79.9. The summed E-state index contributed by atoms with van der Waals surface area (Å²) in [6, 6.07) is 21.9. The lowest BCUT2D eigenvalue weighted by atomic mass is 10.2. The maximum atomic E-state index is 13.0. The van der Waals surface area contributed by atoms with Crippen molar-refractivity contribution in [3.63, 3.8) is 0 Å². The second kappa shape index (κ2) is 9.22. The molecule has 1 heterocycles. The Hall–Kier alpha value is -2.99. The summed E-state index contributed by atoms with van der Waals surface area (Å²) in [5.74, 6) is 0.445. The van der Waals surface area contributed by atoms with E-state index in [0.29, 0.717) is 12.1 Å². The van der Waals surface area contributed by atoms with Gasteiger partial charge in [-0.1, -0.05) is 40.2 Å². The van der Waals surface area contributed by atoms with Crippen LogP contribution in [0.25, 0.3) is 11.0 Å². The number of carbonyl (C=O) groups excluding carboxylic acids is 1. The predicted molar refractivity (Wildman–Crippen MR) is 120 cm³/mol. The number of para-hydroxylation sites is 2. The number of halogens is 2. The molecule has 4 aromatic rings. The largest absolute Gasteiger partial charge is 0.352 e. The molecule has 1 N–H and O–H groups in total. The average molecular weight is 466 g/mol. The van der Waals surface area contributed by atoms with Crippen molar-refractivity contribution in [3.8, 4) is 0 Å². The number of imidazole rings is 1. The number of amides is 1. The van der Waals surface area contributed by atoms with Crippen LogP contribution >= 0.6 is 15.9 Å². The molecule has 0 aliphatic carbocycles. The lowest BCUT2D eigenvalue weighted by Gasteiger charge is -2.10. The molecule has 0 unspecified atom stereocenters. The van der Waals surface area contributed by atoms with E-state index < -0.39 is 0 Å². The van der Waals surface area contributed by atoms with Gasteiger partial charge in [-0.25, -0.2) is 9.37 Å². The number of fused-ring (bicyclic) bond motifs is 1. The average Bonchev–Trinajstić information content (AvgIpc) is 3.09. The third-order valence-corrected chi connectivity index (χ3v) is 5.43. The smallest absolute Gasteiger partial charge is 0.251 e. The van der Waals surface area contributed by atoms with Gasteiger partial charge in [0.1, 0.15) is 11.6 Å². The van der Waals surface area contributed by atoms with E-state index >= 15 is 0 Å². The van der Waals surface area contributed by atoms with E-state index in [-0.39, 0.29) is 11.7 Å². The van der Waals surface area contributed by atoms with Crippen molar-refractivity contribution >= 4 is 32.9 Å². The Kier molecular flexibility index (Phi) is 6.23. The van der Waals surface area contributed by atoms with E-state index in [2.05, 4.69) is 44.0 Å². The standard InChI is InChI=1S/C24H21BrFN3O/c25-19-6-3-5-17(15-19)16-29-22-8-2-1-7-21(22)28-23(29)9-4-14-27-24(30)18-10-12-20(26)13-11-18/h1-3,5-8,10-13,15H,4,9,14,16H2,(H,27,30). The molecule has 0 spiro atoms. The van der Waals surface area contributed by atoms with E-state index in [9.17, 15) is 9.18 Å². The van der Waals surface area contributed by atoms with E-state index in [1.54, 1.807) is 0 Å². The summed E-state index contributed by atoms with van der Waals surface area (Å²) in [7, 11) is 0. The van der Waals surface area contributed by atoms with Gasteiger partial charge in [0.2, 0.25) is 0 Å². The molecule has 0 saturated heterocycles. The number of rotatable bonds is 7. The molecule has 30 heavy (non-hydrogen) atoms. The molecule has 6 heteroatoms. The number of nitrogens with zero attached hydrogens (tertiary/aromatic N) is 2. The second-order valence-corrected chi connectivity index (χ2v) is 8.01. The highest BCUT2D eigenvalue weighted by molar-refractivity contribution is 9.10. The van der Waals surface area contributed by atoms with Gasteiger partial charge in [0.05, 0.1) is 11.0 Å². The van der Waals surface area contributed by atoms with Crippen LogP contribution in [0.2, 0.25) is 0 Å². The van der Waals surface area contributed by atoms with Crippen molar-refractivity contribution < 1.29 is 9.18 Å². The number of carbonyl (C=O) groups is 1. The first kappa shape index (κ1) is 20.3. The Morgan fingerprint density at radius 1 is 1.03 bits per heavy atom. The summed E-state index contributed by atoms with van der Waals surface area (Å²) in [6.45, 7) is 1.26. The summed E-state index contributed by atoms with van der Waals surface area (Å²) < 4.78 is 16.3. The number of aryl methyl sites for hydroxylation is 1. The molecule has 3 aromatic carbocycles. The van der Waals surface area contributed by atoms with Crippen molar-refractivity contribution in [1.82, 2.24) is 14.9 Å². The zero-order chi connectivity index (χ0) is 20.9. The maximum Gasteiger partial charge on any atom is 0.251 e. The van der Waals surface area contributed by atoms with E-state index in [4.69, 9.17) is 4.98 Å². The van der Waals surface area contributed by atoms with Gasteiger partial charge in [0.15, 0.2) is 0 Å². The number of hydrogen-bond acceptors (Lipinski definition) is 2. The second-order valence-electron chi connectivity index (χ2n) is 7.10. The van der Waals surface area contributed by atoms with E-state index in [1.165, 1.54) is 29.8 Å². The van der Waals surface area contributed by atoms with Crippen LogP contribution in [0.1, 0.15) is 28.2 Å². The fourth-order valence-corrected chi connectivity index (χ4v) is 3.91. The quantitative estimate of drug-likeness (QED) is 0.374. The molecule has 0 aliphatic rings. The van der Waals surface area contributed by atoms with Crippen LogP contribution in [0.15, 0.2) is 77.3 Å². The Labute approximate surface area is 182 Å². The number of aromatic nitrogens is 2. The minimum Gasteiger partial charge on any atom is -0.352 e. The van der Waals surface area contributed by atoms with Crippen LogP contribution in [0, 0.1) is 5.82 Å². The first-order valence-electron chi connectivity index (χ1n) is 9.82. The summed E-state index contributed by atoms with van der Waals surface area (Å²) in [5.41, 5.74) is 3.72. The van der Waals surface area contributed by atoms with Gasteiger partial charge in [0, 0.05) is 29.5 Å². The Morgan fingerprint density at radius 3 is 2.63 bits per heavy atom. The van der Waals surface area contributed by atoms with Crippen molar-refractivity contribution in [1.29, 1.82) is 0 Å². The van der Waals surface area contributed by atoms with E-state index in [1.807, 2.05) is 30.3 Å². The SMILES string of the molecule is O=C(NCCCc1nc2ccccc2n1Cc1cccc(Br)c1)c1ccc(F)cc1. The fraction of sp³-hybridized carbons (Fsp3) is 0.167. The van der Waals surface area contributed by atoms with Gasteiger partial charge in [-0.2, -0.15) is 0 Å². The predicted octanol–water partition coefficient (Wildman–Crippen LogP) is 5.35. The molecule has 0 fully saturated rings. The van der Waals surface area contributed by atoms with Crippen LogP contribution in [0.5, 0.6) is 0 Å². The minimum atomic E-state index is -0.351. The molecule has 4 nitrogen and oxygen atoms in total. The Morgan fingerprint density at radius 2 is 1.83 bits per heavy atom. The summed E-state index contributed by atoms with van der Waals surface area (Å²) in [4.78, 5) is 17.0. The first-order valence-corrected chi connectivity index (χ1v) is 10.6. The van der Waals surface area contributed by atoms with Crippen molar-refractivity contribution in [2.75, 3.05) is 6.54 Å². The minimum absolute atomic E-state index is 0.197. The molecule has 4 rings (SSSR count). The van der Waals surface area contributed by atoms with Gasteiger partial charge in [0.25, 0.3) is 5.91 Å². The Balaban J connectivity index is 1.44. The van der Waals surface area contributed by atoms with Gasteiger partial charge < -0.3 is 9.88 Å². The van der Waals surface area contributed by atoms with Crippen LogP contribution in [-0.2, 0) is 13.0 Å². The maximum absolute atomic E-state index is 13.0. The van der Waals surface area contributed by atoms with Gasteiger partial charge >= 0.3 is 0 Å². The lowest BCUT2D eigenvalue weighted by Crippen LogP contribution is -2.25. The van der Waals surface area contributed by atoms with Crippen LogP contribution < -0.4 is 5.32 Å². The molecule has 0 bridgehead atoms. The zero-order valence-electron chi connectivity index (χ0n) is 16.3. The highest BCUT2D eigenvalue weighted by Crippen LogP contribution is 2.20. The summed E-state index contributed by atoms with van der Waals surface area (Å²) in [6.07, 6.45) is 1.50. The monoisotopic (exact) mass is 465 g/mol. The Bertz CT molecular complexity index is 1170. The van der Waals surface area contributed by atoms with Crippen molar-refractivity contribution in [2.45, 2.75) is 19.4 Å².